The Morgan fingerprint density at radius 1 is 1.22 bits per heavy atom. The standard InChI is InChI=1S/C19H16ClF4N5O3/c1-28-8-14(19(22,23)24)26-16(28)11-5-4-10(6-12(11)21)9-32-15-7-13(25-18(20)27-15)17(30)29(2)31-3/h4-8H,9H2,1-3H3. The third kappa shape index (κ3) is 5.14. The first-order chi connectivity index (χ1) is 15.0. The summed E-state index contributed by atoms with van der Waals surface area (Å²) in [5.41, 5.74) is -0.950. The zero-order valence-electron chi connectivity index (χ0n) is 16.9. The van der Waals surface area contributed by atoms with Crippen LogP contribution in [-0.4, -0.2) is 44.6 Å². The Balaban J connectivity index is 1.78. The van der Waals surface area contributed by atoms with E-state index in [-0.39, 0.29) is 34.9 Å². The van der Waals surface area contributed by atoms with Crippen LogP contribution in [0.15, 0.2) is 30.5 Å². The van der Waals surface area contributed by atoms with E-state index in [4.69, 9.17) is 21.2 Å². The highest BCUT2D eigenvalue weighted by Crippen LogP contribution is 2.31. The number of halogens is 5. The van der Waals surface area contributed by atoms with Gasteiger partial charge in [-0.15, -0.1) is 0 Å². The molecule has 3 aromatic rings. The van der Waals surface area contributed by atoms with Crippen LogP contribution < -0.4 is 4.74 Å². The van der Waals surface area contributed by atoms with Gasteiger partial charge < -0.3 is 9.30 Å². The number of imidazole rings is 1. The first kappa shape index (κ1) is 23.4. The van der Waals surface area contributed by atoms with Crippen LogP contribution in [0.2, 0.25) is 5.28 Å². The van der Waals surface area contributed by atoms with Crippen molar-refractivity contribution in [3.63, 3.8) is 0 Å². The number of ether oxygens (including phenoxy) is 1. The molecule has 0 aliphatic rings. The second kappa shape index (κ2) is 9.09. The second-order valence-corrected chi connectivity index (χ2v) is 6.84. The Bertz CT molecular complexity index is 1150. The minimum atomic E-state index is -4.64. The van der Waals surface area contributed by atoms with Crippen LogP contribution in [0.4, 0.5) is 17.6 Å². The fraction of sp³-hybridized carbons (Fsp3) is 0.263. The van der Waals surface area contributed by atoms with Crippen molar-refractivity contribution < 1.29 is 31.9 Å². The van der Waals surface area contributed by atoms with E-state index in [0.717, 1.165) is 21.9 Å². The van der Waals surface area contributed by atoms with Crippen molar-refractivity contribution in [3.05, 3.63) is 58.5 Å². The summed E-state index contributed by atoms with van der Waals surface area (Å²) in [7, 11) is 4.01. The Labute approximate surface area is 184 Å². The summed E-state index contributed by atoms with van der Waals surface area (Å²) in [6.07, 6.45) is -3.86. The molecular weight excluding hydrogens is 458 g/mol. The lowest BCUT2D eigenvalue weighted by Gasteiger charge is -2.13. The van der Waals surface area contributed by atoms with E-state index in [1.165, 1.54) is 39.4 Å². The molecule has 0 aliphatic carbocycles. The molecule has 1 amide bonds. The summed E-state index contributed by atoms with van der Waals surface area (Å²) < 4.78 is 59.7. The number of aryl methyl sites for hydroxylation is 1. The predicted molar refractivity (Wildman–Crippen MR) is 104 cm³/mol. The Morgan fingerprint density at radius 3 is 2.53 bits per heavy atom. The minimum absolute atomic E-state index is 0.0405. The van der Waals surface area contributed by atoms with Gasteiger partial charge in [-0.3, -0.25) is 9.63 Å². The van der Waals surface area contributed by atoms with E-state index in [9.17, 15) is 22.4 Å². The lowest BCUT2D eigenvalue weighted by Crippen LogP contribution is -2.26. The Hall–Kier alpha value is -3.25. The fourth-order valence-electron chi connectivity index (χ4n) is 2.66. The number of benzene rings is 1. The third-order valence-electron chi connectivity index (χ3n) is 4.28. The molecule has 13 heteroatoms. The molecule has 0 saturated heterocycles. The lowest BCUT2D eigenvalue weighted by molar-refractivity contribution is -0.140. The lowest BCUT2D eigenvalue weighted by atomic mass is 10.1. The number of amides is 1. The molecule has 0 spiro atoms. The molecule has 0 unspecified atom stereocenters. The van der Waals surface area contributed by atoms with Crippen LogP contribution in [0.3, 0.4) is 0 Å². The van der Waals surface area contributed by atoms with Crippen LogP contribution in [-0.2, 0) is 24.7 Å². The number of hydroxylamine groups is 2. The van der Waals surface area contributed by atoms with Gasteiger partial charge in [-0.2, -0.15) is 18.2 Å². The Kier molecular flexibility index (Phi) is 6.65. The maximum Gasteiger partial charge on any atom is 0.434 e. The van der Waals surface area contributed by atoms with Crippen molar-refractivity contribution in [2.45, 2.75) is 12.8 Å². The average molecular weight is 474 g/mol. The number of hydrogen-bond donors (Lipinski definition) is 0. The van der Waals surface area contributed by atoms with Crippen molar-refractivity contribution >= 4 is 17.5 Å². The highest BCUT2D eigenvalue weighted by Gasteiger charge is 2.34. The quantitative estimate of drug-likeness (QED) is 0.307. The van der Waals surface area contributed by atoms with Gasteiger partial charge in [0.1, 0.15) is 23.9 Å². The zero-order valence-corrected chi connectivity index (χ0v) is 17.7. The fourth-order valence-corrected chi connectivity index (χ4v) is 2.84. The van der Waals surface area contributed by atoms with Gasteiger partial charge in [-0.25, -0.2) is 19.4 Å². The normalized spacial score (nSPS) is 11.5. The molecule has 0 bridgehead atoms. The van der Waals surface area contributed by atoms with Crippen molar-refractivity contribution in [2.75, 3.05) is 14.2 Å². The summed E-state index contributed by atoms with van der Waals surface area (Å²) in [5, 5.41) is 0.686. The molecule has 0 N–H and O–H groups in total. The third-order valence-corrected chi connectivity index (χ3v) is 4.45. The molecule has 170 valence electrons. The van der Waals surface area contributed by atoms with Gasteiger partial charge in [0.05, 0.1) is 12.7 Å². The van der Waals surface area contributed by atoms with Gasteiger partial charge in [0.2, 0.25) is 11.2 Å². The number of hydrogen-bond acceptors (Lipinski definition) is 6. The number of carbonyl (C=O) groups excluding carboxylic acids is 1. The SMILES string of the molecule is CON(C)C(=O)c1cc(OCc2ccc(-c3nc(C(F)(F)F)cn3C)c(F)c2)nc(Cl)n1. The molecule has 8 nitrogen and oxygen atoms in total. The van der Waals surface area contributed by atoms with E-state index in [0.29, 0.717) is 5.56 Å². The molecule has 2 heterocycles. The number of alkyl halides is 3. The zero-order chi connectivity index (χ0) is 23.6. The molecule has 0 saturated carbocycles. The van der Waals surface area contributed by atoms with Crippen molar-refractivity contribution in [1.29, 1.82) is 0 Å². The van der Waals surface area contributed by atoms with E-state index >= 15 is 0 Å². The topological polar surface area (TPSA) is 82.4 Å². The maximum atomic E-state index is 14.6. The van der Waals surface area contributed by atoms with Crippen molar-refractivity contribution in [2.24, 2.45) is 7.05 Å². The molecule has 1 aromatic carbocycles. The number of rotatable bonds is 6. The van der Waals surface area contributed by atoms with Gasteiger partial charge in [-0.05, 0) is 29.3 Å². The second-order valence-electron chi connectivity index (χ2n) is 6.51. The minimum Gasteiger partial charge on any atom is -0.473 e. The van der Waals surface area contributed by atoms with E-state index in [1.54, 1.807) is 0 Å². The van der Waals surface area contributed by atoms with Gasteiger partial charge in [0.25, 0.3) is 5.91 Å². The first-order valence-electron chi connectivity index (χ1n) is 8.88. The molecule has 32 heavy (non-hydrogen) atoms. The summed E-state index contributed by atoms with van der Waals surface area (Å²) in [6, 6.07) is 5.10. The largest absolute Gasteiger partial charge is 0.473 e. The van der Waals surface area contributed by atoms with Crippen LogP contribution >= 0.6 is 11.6 Å². The van der Waals surface area contributed by atoms with Crippen LogP contribution in [0.1, 0.15) is 21.7 Å². The molecular formula is C19H16ClF4N5O3. The van der Waals surface area contributed by atoms with Gasteiger partial charge >= 0.3 is 6.18 Å². The first-order valence-corrected chi connectivity index (χ1v) is 9.26. The molecule has 0 fully saturated rings. The van der Waals surface area contributed by atoms with Crippen molar-refractivity contribution in [3.8, 4) is 17.3 Å². The van der Waals surface area contributed by atoms with E-state index in [2.05, 4.69) is 15.0 Å². The van der Waals surface area contributed by atoms with Crippen molar-refractivity contribution in [1.82, 2.24) is 24.6 Å². The van der Waals surface area contributed by atoms with Gasteiger partial charge in [-0.1, -0.05) is 6.07 Å². The van der Waals surface area contributed by atoms with Gasteiger partial charge in [0.15, 0.2) is 5.69 Å². The van der Waals surface area contributed by atoms with E-state index < -0.39 is 23.6 Å². The molecule has 0 aliphatic heterocycles. The highest BCUT2D eigenvalue weighted by atomic mass is 35.5. The Morgan fingerprint density at radius 2 is 1.94 bits per heavy atom. The van der Waals surface area contributed by atoms with Crippen LogP contribution in [0.25, 0.3) is 11.4 Å². The molecule has 3 rings (SSSR count). The number of nitrogens with zero attached hydrogens (tertiary/aromatic N) is 5. The summed E-state index contributed by atoms with van der Waals surface area (Å²) >= 11 is 5.82. The smallest absolute Gasteiger partial charge is 0.434 e. The molecule has 2 aromatic heterocycles. The number of carbonyl (C=O) groups is 1. The van der Waals surface area contributed by atoms with E-state index in [1.807, 2.05) is 0 Å². The number of aromatic nitrogens is 4. The monoisotopic (exact) mass is 473 g/mol. The van der Waals surface area contributed by atoms with Crippen LogP contribution in [0.5, 0.6) is 5.88 Å². The summed E-state index contributed by atoms with van der Waals surface area (Å²) in [6.45, 7) is -0.160. The maximum absolute atomic E-state index is 14.6. The van der Waals surface area contributed by atoms with Gasteiger partial charge in [0, 0.05) is 26.4 Å². The molecule has 0 radical (unpaired) electrons. The molecule has 0 atom stereocenters. The summed E-state index contributed by atoms with van der Waals surface area (Å²) in [4.78, 5) is 28.1. The average Bonchev–Trinajstić information content (AvgIpc) is 3.12. The predicted octanol–water partition coefficient (Wildman–Crippen LogP) is 3.90. The summed E-state index contributed by atoms with van der Waals surface area (Å²) in [5.74, 6) is -1.59. The van der Waals surface area contributed by atoms with Crippen LogP contribution in [0, 0.1) is 5.82 Å². The highest BCUT2D eigenvalue weighted by molar-refractivity contribution is 6.28.